The van der Waals surface area contributed by atoms with Crippen molar-refractivity contribution in [1.82, 2.24) is 10.2 Å². The smallest absolute Gasteiger partial charge is 0.248 e. The van der Waals surface area contributed by atoms with Crippen molar-refractivity contribution in [1.29, 1.82) is 0 Å². The van der Waals surface area contributed by atoms with Gasteiger partial charge in [0.15, 0.2) is 0 Å². The standard InChI is InChI=1S/C10H17FN2O2/c1-3-10(2)9(15)13(7-5-11)6-4-8(14)12-10/h3-7H2,1-2H3,(H,12,14). The van der Waals surface area contributed by atoms with Crippen molar-refractivity contribution in [3.63, 3.8) is 0 Å². The van der Waals surface area contributed by atoms with Crippen molar-refractivity contribution in [2.45, 2.75) is 32.2 Å². The number of halogens is 1. The van der Waals surface area contributed by atoms with E-state index in [0.29, 0.717) is 13.0 Å². The van der Waals surface area contributed by atoms with Crippen LogP contribution in [0.5, 0.6) is 0 Å². The summed E-state index contributed by atoms with van der Waals surface area (Å²) in [6, 6.07) is 0. The first-order valence-electron chi connectivity index (χ1n) is 5.20. The summed E-state index contributed by atoms with van der Waals surface area (Å²) in [4.78, 5) is 24.8. The molecule has 1 saturated heterocycles. The lowest BCUT2D eigenvalue weighted by Crippen LogP contribution is -2.54. The maximum atomic E-state index is 12.2. The Morgan fingerprint density at radius 2 is 2.20 bits per heavy atom. The SMILES string of the molecule is CCC1(C)NC(=O)CCN(CCF)C1=O. The van der Waals surface area contributed by atoms with Crippen LogP contribution in [0.2, 0.25) is 0 Å². The van der Waals surface area contributed by atoms with Crippen LogP contribution in [-0.4, -0.2) is 42.0 Å². The highest BCUT2D eigenvalue weighted by molar-refractivity contribution is 5.93. The van der Waals surface area contributed by atoms with E-state index in [-0.39, 0.29) is 24.8 Å². The summed E-state index contributed by atoms with van der Waals surface area (Å²) in [5.41, 5.74) is -0.872. The minimum absolute atomic E-state index is 0.0728. The molecule has 1 fully saturated rings. The molecule has 0 aromatic rings. The zero-order valence-electron chi connectivity index (χ0n) is 9.18. The molecule has 0 aromatic carbocycles. The maximum Gasteiger partial charge on any atom is 0.248 e. The van der Waals surface area contributed by atoms with Gasteiger partial charge in [0.05, 0.1) is 0 Å². The van der Waals surface area contributed by atoms with E-state index >= 15 is 0 Å². The lowest BCUT2D eigenvalue weighted by molar-refractivity contribution is -0.138. The van der Waals surface area contributed by atoms with E-state index in [9.17, 15) is 14.0 Å². The molecule has 0 aromatic heterocycles. The van der Waals surface area contributed by atoms with Crippen LogP contribution in [0.25, 0.3) is 0 Å². The van der Waals surface area contributed by atoms with E-state index in [0.717, 1.165) is 0 Å². The normalized spacial score (nSPS) is 27.5. The highest BCUT2D eigenvalue weighted by atomic mass is 19.1. The van der Waals surface area contributed by atoms with Gasteiger partial charge in [-0.05, 0) is 13.3 Å². The number of carbonyl (C=O) groups is 2. The summed E-state index contributed by atoms with van der Waals surface area (Å²) in [7, 11) is 0. The van der Waals surface area contributed by atoms with Crippen molar-refractivity contribution in [3.8, 4) is 0 Å². The zero-order chi connectivity index (χ0) is 11.5. The van der Waals surface area contributed by atoms with Gasteiger partial charge in [-0.2, -0.15) is 0 Å². The van der Waals surface area contributed by atoms with Gasteiger partial charge in [-0.3, -0.25) is 9.59 Å². The molecular weight excluding hydrogens is 199 g/mol. The molecule has 0 aliphatic carbocycles. The Labute approximate surface area is 88.8 Å². The number of alkyl halides is 1. The third kappa shape index (κ3) is 2.46. The molecule has 2 amide bonds. The fourth-order valence-electron chi connectivity index (χ4n) is 1.67. The largest absolute Gasteiger partial charge is 0.342 e. The molecule has 1 aliphatic rings. The highest BCUT2D eigenvalue weighted by Crippen LogP contribution is 2.17. The topological polar surface area (TPSA) is 49.4 Å². The lowest BCUT2D eigenvalue weighted by Gasteiger charge is -2.30. The number of nitrogens with zero attached hydrogens (tertiary/aromatic N) is 1. The third-order valence-corrected chi connectivity index (χ3v) is 2.84. The van der Waals surface area contributed by atoms with Crippen LogP contribution in [0.3, 0.4) is 0 Å². The summed E-state index contributed by atoms with van der Waals surface area (Å²) in [5, 5.41) is 2.69. The minimum atomic E-state index is -0.872. The number of amides is 2. The number of rotatable bonds is 3. The average Bonchev–Trinajstić information content (AvgIpc) is 2.31. The number of carbonyl (C=O) groups excluding carboxylic acids is 2. The maximum absolute atomic E-state index is 12.2. The predicted molar refractivity (Wildman–Crippen MR) is 54.0 cm³/mol. The number of nitrogens with one attached hydrogen (secondary N) is 1. The van der Waals surface area contributed by atoms with Crippen LogP contribution in [0.4, 0.5) is 4.39 Å². The summed E-state index contributed by atoms with van der Waals surface area (Å²) in [5.74, 6) is -0.331. The Morgan fingerprint density at radius 1 is 1.53 bits per heavy atom. The summed E-state index contributed by atoms with van der Waals surface area (Å²) in [6.07, 6.45) is 0.766. The van der Waals surface area contributed by atoms with Crippen molar-refractivity contribution < 1.29 is 14.0 Å². The lowest BCUT2D eigenvalue weighted by atomic mass is 9.97. The molecule has 5 heteroatoms. The molecule has 0 bridgehead atoms. The molecule has 0 radical (unpaired) electrons. The molecular formula is C10H17FN2O2. The third-order valence-electron chi connectivity index (χ3n) is 2.84. The molecule has 4 nitrogen and oxygen atoms in total. The molecule has 0 saturated carbocycles. The van der Waals surface area contributed by atoms with Gasteiger partial charge in [0.25, 0.3) is 0 Å². The molecule has 1 unspecified atom stereocenters. The molecule has 86 valence electrons. The second-order valence-electron chi connectivity index (χ2n) is 3.97. The van der Waals surface area contributed by atoms with Gasteiger partial charge in [-0.25, -0.2) is 4.39 Å². The van der Waals surface area contributed by atoms with Crippen LogP contribution in [0.15, 0.2) is 0 Å². The molecule has 1 heterocycles. The first-order chi connectivity index (χ1) is 7.03. The van der Waals surface area contributed by atoms with Gasteiger partial charge in [0.1, 0.15) is 12.2 Å². The minimum Gasteiger partial charge on any atom is -0.342 e. The van der Waals surface area contributed by atoms with Crippen LogP contribution in [0.1, 0.15) is 26.7 Å². The fraction of sp³-hybridized carbons (Fsp3) is 0.800. The van der Waals surface area contributed by atoms with Crippen LogP contribution in [-0.2, 0) is 9.59 Å². The second kappa shape index (κ2) is 4.59. The Kier molecular flexibility index (Phi) is 3.66. The second-order valence-corrected chi connectivity index (χ2v) is 3.97. The van der Waals surface area contributed by atoms with Crippen molar-refractivity contribution in [2.75, 3.05) is 19.8 Å². The Bertz CT molecular complexity index is 270. The van der Waals surface area contributed by atoms with Crippen LogP contribution in [0, 0.1) is 0 Å². The summed E-state index contributed by atoms with van der Waals surface area (Å²) in [6.45, 7) is 3.33. The first-order valence-corrected chi connectivity index (χ1v) is 5.20. The van der Waals surface area contributed by atoms with Gasteiger partial charge in [0.2, 0.25) is 11.8 Å². The van der Waals surface area contributed by atoms with Crippen molar-refractivity contribution >= 4 is 11.8 Å². The number of hydrogen-bond donors (Lipinski definition) is 1. The summed E-state index contributed by atoms with van der Waals surface area (Å²) < 4.78 is 12.2. The van der Waals surface area contributed by atoms with Crippen molar-refractivity contribution in [3.05, 3.63) is 0 Å². The van der Waals surface area contributed by atoms with E-state index in [1.165, 1.54) is 4.90 Å². The predicted octanol–water partition coefficient (Wildman–Crippen LogP) is 0.473. The van der Waals surface area contributed by atoms with Gasteiger partial charge >= 0.3 is 0 Å². The fourth-order valence-corrected chi connectivity index (χ4v) is 1.67. The molecule has 15 heavy (non-hydrogen) atoms. The van der Waals surface area contributed by atoms with Crippen LogP contribution >= 0.6 is 0 Å². The van der Waals surface area contributed by atoms with Gasteiger partial charge in [-0.1, -0.05) is 6.92 Å². The molecule has 1 rings (SSSR count). The van der Waals surface area contributed by atoms with E-state index < -0.39 is 12.2 Å². The van der Waals surface area contributed by atoms with Gasteiger partial charge in [0, 0.05) is 19.5 Å². The van der Waals surface area contributed by atoms with E-state index in [2.05, 4.69) is 5.32 Å². The molecule has 1 N–H and O–H groups in total. The molecule has 1 atom stereocenters. The Balaban J connectivity index is 2.87. The highest BCUT2D eigenvalue weighted by Gasteiger charge is 2.38. The first kappa shape index (κ1) is 11.9. The van der Waals surface area contributed by atoms with Crippen LogP contribution < -0.4 is 5.32 Å². The Morgan fingerprint density at radius 3 is 2.73 bits per heavy atom. The number of hydrogen-bond acceptors (Lipinski definition) is 2. The van der Waals surface area contributed by atoms with Gasteiger partial charge < -0.3 is 10.2 Å². The average molecular weight is 216 g/mol. The van der Waals surface area contributed by atoms with Crippen molar-refractivity contribution in [2.24, 2.45) is 0 Å². The Hall–Kier alpha value is -1.13. The van der Waals surface area contributed by atoms with E-state index in [1.807, 2.05) is 6.92 Å². The molecule has 1 aliphatic heterocycles. The zero-order valence-corrected chi connectivity index (χ0v) is 9.18. The monoisotopic (exact) mass is 216 g/mol. The summed E-state index contributed by atoms with van der Waals surface area (Å²) >= 11 is 0. The van der Waals surface area contributed by atoms with E-state index in [1.54, 1.807) is 6.92 Å². The quantitative estimate of drug-likeness (QED) is 0.745. The van der Waals surface area contributed by atoms with Gasteiger partial charge in [-0.15, -0.1) is 0 Å². The van der Waals surface area contributed by atoms with E-state index in [4.69, 9.17) is 0 Å². The molecule has 0 spiro atoms.